The lowest BCUT2D eigenvalue weighted by Crippen LogP contribution is -2.15. The van der Waals surface area contributed by atoms with E-state index in [0.717, 1.165) is 25.2 Å². The van der Waals surface area contributed by atoms with E-state index in [1.54, 1.807) is 0 Å². The van der Waals surface area contributed by atoms with E-state index in [2.05, 4.69) is 65.9 Å². The highest BCUT2D eigenvalue weighted by atomic mass is 15.2. The Morgan fingerprint density at radius 2 is 1.90 bits per heavy atom. The number of benzene rings is 2. The summed E-state index contributed by atoms with van der Waals surface area (Å²) in [6, 6.07) is 15.4. The minimum atomic E-state index is 0.928. The highest BCUT2D eigenvalue weighted by molar-refractivity contribution is 5.85. The second kappa shape index (κ2) is 4.14. The van der Waals surface area contributed by atoms with Gasteiger partial charge in [-0.1, -0.05) is 36.9 Å². The zero-order valence-electron chi connectivity index (χ0n) is 11.8. The van der Waals surface area contributed by atoms with Gasteiger partial charge < -0.3 is 9.80 Å². The van der Waals surface area contributed by atoms with Gasteiger partial charge in [0.1, 0.15) is 0 Å². The third-order valence-electron chi connectivity index (χ3n) is 4.49. The van der Waals surface area contributed by atoms with Crippen molar-refractivity contribution in [2.45, 2.75) is 13.0 Å². The summed E-state index contributed by atoms with van der Waals surface area (Å²) in [5.74, 6) is 0. The number of anilines is 2. The van der Waals surface area contributed by atoms with Gasteiger partial charge in [-0.25, -0.2) is 0 Å². The Bertz CT molecular complexity index is 702. The summed E-state index contributed by atoms with van der Waals surface area (Å²) in [6.07, 6.45) is 1.16. The van der Waals surface area contributed by atoms with Gasteiger partial charge in [0.25, 0.3) is 0 Å². The molecule has 4 rings (SSSR count). The van der Waals surface area contributed by atoms with Gasteiger partial charge in [-0.15, -0.1) is 0 Å². The molecule has 0 bridgehead atoms. The molecule has 0 spiro atoms. The highest BCUT2D eigenvalue weighted by Crippen LogP contribution is 2.38. The predicted molar refractivity (Wildman–Crippen MR) is 85.1 cm³/mol. The summed E-state index contributed by atoms with van der Waals surface area (Å²) in [7, 11) is 2.17. The summed E-state index contributed by atoms with van der Waals surface area (Å²) in [5, 5.41) is 0. The maximum absolute atomic E-state index is 4.28. The fourth-order valence-corrected chi connectivity index (χ4v) is 3.29. The van der Waals surface area contributed by atoms with Gasteiger partial charge in [-0.05, 0) is 29.7 Å². The first kappa shape index (κ1) is 11.6. The molecule has 0 fully saturated rings. The molecule has 2 heterocycles. The first-order chi connectivity index (χ1) is 9.74. The molecule has 0 N–H and O–H groups in total. The standard InChI is InChI=1S/C18H18N2/c1-13-17-6-4-3-5-15(17)12-20(13)16-8-7-14-9-10-19(2)18(14)11-16/h3-8,11H,1,9-10,12H2,2H3. The van der Waals surface area contributed by atoms with E-state index < -0.39 is 0 Å². The van der Waals surface area contributed by atoms with Crippen molar-refractivity contribution in [3.8, 4) is 0 Å². The van der Waals surface area contributed by atoms with Crippen LogP contribution >= 0.6 is 0 Å². The van der Waals surface area contributed by atoms with Crippen molar-refractivity contribution < 1.29 is 0 Å². The van der Waals surface area contributed by atoms with Crippen LogP contribution in [0.15, 0.2) is 49.0 Å². The topological polar surface area (TPSA) is 6.48 Å². The average molecular weight is 262 g/mol. The molecule has 0 aliphatic carbocycles. The molecule has 2 aliphatic heterocycles. The molecular formula is C18H18N2. The molecule has 2 nitrogen and oxygen atoms in total. The maximum Gasteiger partial charge on any atom is 0.0488 e. The van der Waals surface area contributed by atoms with Gasteiger partial charge in [0.2, 0.25) is 0 Å². The number of hydrogen-bond donors (Lipinski definition) is 0. The fraction of sp³-hybridized carbons (Fsp3) is 0.222. The highest BCUT2D eigenvalue weighted by Gasteiger charge is 2.24. The van der Waals surface area contributed by atoms with E-state index in [1.807, 2.05) is 0 Å². The van der Waals surface area contributed by atoms with Crippen LogP contribution in [-0.2, 0) is 13.0 Å². The molecule has 0 radical (unpaired) electrons. The number of nitrogens with zero attached hydrogens (tertiary/aromatic N) is 2. The Morgan fingerprint density at radius 3 is 2.75 bits per heavy atom. The van der Waals surface area contributed by atoms with E-state index in [4.69, 9.17) is 0 Å². The lowest BCUT2D eigenvalue weighted by molar-refractivity contribution is 0.956. The quantitative estimate of drug-likeness (QED) is 0.773. The van der Waals surface area contributed by atoms with Crippen molar-refractivity contribution in [1.82, 2.24) is 0 Å². The van der Waals surface area contributed by atoms with Crippen LogP contribution in [0.1, 0.15) is 16.7 Å². The second-order valence-electron chi connectivity index (χ2n) is 5.67. The molecule has 20 heavy (non-hydrogen) atoms. The van der Waals surface area contributed by atoms with Crippen LogP contribution in [0.3, 0.4) is 0 Å². The number of likely N-dealkylation sites (N-methyl/N-ethyl adjacent to an activating group) is 1. The largest absolute Gasteiger partial charge is 0.374 e. The SMILES string of the molecule is C=C1c2ccccc2CN1c1ccc2c(c1)N(C)CC2. The molecule has 0 saturated carbocycles. The van der Waals surface area contributed by atoms with Gasteiger partial charge in [0, 0.05) is 42.8 Å². The van der Waals surface area contributed by atoms with Gasteiger partial charge in [0.15, 0.2) is 0 Å². The molecule has 0 amide bonds. The summed E-state index contributed by atoms with van der Waals surface area (Å²) < 4.78 is 0. The van der Waals surface area contributed by atoms with E-state index in [0.29, 0.717) is 0 Å². The number of hydrogen-bond acceptors (Lipinski definition) is 2. The first-order valence-electron chi connectivity index (χ1n) is 7.13. The van der Waals surface area contributed by atoms with Crippen LogP contribution in [0.4, 0.5) is 11.4 Å². The van der Waals surface area contributed by atoms with Crippen LogP contribution in [0.5, 0.6) is 0 Å². The summed E-state index contributed by atoms with van der Waals surface area (Å²) >= 11 is 0. The monoisotopic (exact) mass is 262 g/mol. The van der Waals surface area contributed by atoms with E-state index in [-0.39, 0.29) is 0 Å². The van der Waals surface area contributed by atoms with E-state index >= 15 is 0 Å². The summed E-state index contributed by atoms with van der Waals surface area (Å²) in [4.78, 5) is 4.65. The van der Waals surface area contributed by atoms with Gasteiger partial charge >= 0.3 is 0 Å². The molecule has 2 aromatic carbocycles. The molecular weight excluding hydrogens is 244 g/mol. The first-order valence-corrected chi connectivity index (χ1v) is 7.13. The Labute approximate surface area is 119 Å². The van der Waals surface area contributed by atoms with Crippen molar-refractivity contribution in [2.75, 3.05) is 23.4 Å². The van der Waals surface area contributed by atoms with Crippen molar-refractivity contribution in [3.05, 3.63) is 65.7 Å². The number of rotatable bonds is 1. The third kappa shape index (κ3) is 1.58. The van der Waals surface area contributed by atoms with Crippen molar-refractivity contribution in [3.63, 3.8) is 0 Å². The molecule has 0 atom stereocenters. The van der Waals surface area contributed by atoms with Gasteiger partial charge in [-0.3, -0.25) is 0 Å². The Kier molecular flexibility index (Phi) is 2.40. The van der Waals surface area contributed by atoms with Gasteiger partial charge in [-0.2, -0.15) is 0 Å². The van der Waals surface area contributed by atoms with Crippen molar-refractivity contribution in [2.24, 2.45) is 0 Å². The average Bonchev–Trinajstić information content (AvgIpc) is 3.01. The smallest absolute Gasteiger partial charge is 0.0488 e. The van der Waals surface area contributed by atoms with Crippen LogP contribution in [0, 0.1) is 0 Å². The molecule has 100 valence electrons. The molecule has 0 unspecified atom stereocenters. The van der Waals surface area contributed by atoms with Crippen LogP contribution in [0.25, 0.3) is 5.70 Å². The van der Waals surface area contributed by atoms with Crippen LogP contribution in [-0.4, -0.2) is 13.6 Å². The molecule has 2 aromatic rings. The predicted octanol–water partition coefficient (Wildman–Crippen LogP) is 3.67. The molecule has 0 saturated heterocycles. The minimum absolute atomic E-state index is 0.928. The molecule has 2 heteroatoms. The fourth-order valence-electron chi connectivity index (χ4n) is 3.29. The third-order valence-corrected chi connectivity index (χ3v) is 4.49. The normalized spacial score (nSPS) is 16.6. The zero-order valence-corrected chi connectivity index (χ0v) is 11.8. The van der Waals surface area contributed by atoms with Crippen molar-refractivity contribution in [1.29, 1.82) is 0 Å². The van der Waals surface area contributed by atoms with Gasteiger partial charge in [0.05, 0.1) is 0 Å². The molecule has 2 aliphatic rings. The maximum atomic E-state index is 4.28. The summed E-state index contributed by atoms with van der Waals surface area (Å²) in [6.45, 7) is 6.33. The zero-order chi connectivity index (χ0) is 13.7. The number of fused-ring (bicyclic) bond motifs is 2. The van der Waals surface area contributed by atoms with Crippen LogP contribution in [0.2, 0.25) is 0 Å². The Balaban J connectivity index is 1.74. The van der Waals surface area contributed by atoms with E-state index in [9.17, 15) is 0 Å². The second-order valence-corrected chi connectivity index (χ2v) is 5.67. The summed E-state index contributed by atoms with van der Waals surface area (Å²) in [5.41, 5.74) is 7.83. The van der Waals surface area contributed by atoms with Crippen molar-refractivity contribution >= 4 is 17.1 Å². The van der Waals surface area contributed by atoms with Crippen LogP contribution < -0.4 is 9.80 Å². The lowest BCUT2D eigenvalue weighted by atomic mass is 10.1. The Hall–Kier alpha value is -2.22. The lowest BCUT2D eigenvalue weighted by Gasteiger charge is -2.22. The Morgan fingerprint density at radius 1 is 1.05 bits per heavy atom. The minimum Gasteiger partial charge on any atom is -0.374 e. The molecule has 0 aromatic heterocycles. The van der Waals surface area contributed by atoms with E-state index in [1.165, 1.54) is 28.1 Å².